The molecule has 142 valence electrons. The zero-order valence-corrected chi connectivity index (χ0v) is 15.8. The molecular weight excluding hydrogens is 404 g/mol. The average molecular weight is 417 g/mol. The molecule has 2 aromatic carbocycles. The standard InChI is InChI=1S/C18H13ClN4O4S/c1-2-11-20-28(25,26)15-9-5-12(6-10-15)16(24)21-18-23-22-17(27-18)13-3-7-14(19)8-4-13/h1,3-10,20H,11H2,(H,21,23,24). The summed E-state index contributed by atoms with van der Waals surface area (Å²) >= 11 is 5.83. The molecule has 1 amide bonds. The second-order valence-corrected chi connectivity index (χ2v) is 7.63. The molecule has 10 heteroatoms. The first-order valence-electron chi connectivity index (χ1n) is 7.83. The van der Waals surface area contributed by atoms with E-state index in [1.54, 1.807) is 24.3 Å². The van der Waals surface area contributed by atoms with Crippen molar-refractivity contribution in [2.45, 2.75) is 4.90 Å². The van der Waals surface area contributed by atoms with E-state index in [1.165, 1.54) is 24.3 Å². The van der Waals surface area contributed by atoms with Gasteiger partial charge in [-0.05, 0) is 48.5 Å². The van der Waals surface area contributed by atoms with Crippen LogP contribution in [0.2, 0.25) is 5.02 Å². The quantitative estimate of drug-likeness (QED) is 0.597. The van der Waals surface area contributed by atoms with Gasteiger partial charge in [0.1, 0.15) is 0 Å². The van der Waals surface area contributed by atoms with Gasteiger partial charge < -0.3 is 4.42 Å². The van der Waals surface area contributed by atoms with Gasteiger partial charge in [0.25, 0.3) is 5.91 Å². The summed E-state index contributed by atoms with van der Waals surface area (Å²) in [7, 11) is -3.73. The molecule has 1 aromatic heterocycles. The van der Waals surface area contributed by atoms with Gasteiger partial charge in [-0.3, -0.25) is 10.1 Å². The van der Waals surface area contributed by atoms with Gasteiger partial charge in [0.05, 0.1) is 11.4 Å². The predicted octanol–water partition coefficient (Wildman–Crippen LogP) is 2.55. The van der Waals surface area contributed by atoms with Crippen molar-refractivity contribution >= 4 is 33.5 Å². The SMILES string of the molecule is C#CCNS(=O)(=O)c1ccc(C(=O)Nc2nnc(-c3ccc(Cl)cc3)o2)cc1. The Balaban J connectivity index is 1.70. The van der Waals surface area contributed by atoms with E-state index in [9.17, 15) is 13.2 Å². The Morgan fingerprint density at radius 2 is 1.79 bits per heavy atom. The molecule has 0 spiro atoms. The molecule has 0 aliphatic heterocycles. The Morgan fingerprint density at radius 3 is 2.43 bits per heavy atom. The fourth-order valence-corrected chi connectivity index (χ4v) is 3.22. The maximum Gasteiger partial charge on any atom is 0.322 e. The van der Waals surface area contributed by atoms with E-state index in [2.05, 4.69) is 26.2 Å². The normalized spacial score (nSPS) is 11.0. The smallest absolute Gasteiger partial charge is 0.322 e. The van der Waals surface area contributed by atoms with Crippen LogP contribution in [0.15, 0.2) is 57.8 Å². The van der Waals surface area contributed by atoms with Crippen molar-refractivity contribution in [2.75, 3.05) is 11.9 Å². The van der Waals surface area contributed by atoms with Gasteiger partial charge in [-0.1, -0.05) is 22.6 Å². The third-order valence-electron chi connectivity index (χ3n) is 3.53. The Bertz CT molecular complexity index is 1130. The molecule has 0 radical (unpaired) electrons. The van der Waals surface area contributed by atoms with Crippen LogP contribution in [0.25, 0.3) is 11.5 Å². The van der Waals surface area contributed by atoms with E-state index in [-0.39, 0.29) is 28.9 Å². The molecule has 0 aliphatic carbocycles. The van der Waals surface area contributed by atoms with Crippen LogP contribution < -0.4 is 10.0 Å². The van der Waals surface area contributed by atoms with Gasteiger partial charge in [0, 0.05) is 16.1 Å². The first kappa shape index (κ1) is 19.6. The highest BCUT2D eigenvalue weighted by Gasteiger charge is 2.16. The molecule has 2 N–H and O–H groups in total. The number of hydrogen-bond donors (Lipinski definition) is 2. The van der Waals surface area contributed by atoms with Gasteiger partial charge in [-0.2, -0.15) is 4.72 Å². The van der Waals surface area contributed by atoms with Gasteiger partial charge in [0.15, 0.2) is 0 Å². The Labute approximate surface area is 166 Å². The number of carbonyl (C=O) groups is 1. The molecule has 0 saturated heterocycles. The van der Waals surface area contributed by atoms with Crippen molar-refractivity contribution in [3.8, 4) is 23.8 Å². The first-order valence-corrected chi connectivity index (χ1v) is 9.69. The third kappa shape index (κ3) is 4.55. The van der Waals surface area contributed by atoms with Crippen LogP contribution in [0, 0.1) is 12.3 Å². The number of nitrogens with one attached hydrogen (secondary N) is 2. The molecule has 0 unspecified atom stereocenters. The number of sulfonamides is 1. The van der Waals surface area contributed by atoms with Crippen molar-refractivity contribution in [1.82, 2.24) is 14.9 Å². The zero-order chi connectivity index (χ0) is 20.1. The topological polar surface area (TPSA) is 114 Å². The summed E-state index contributed by atoms with van der Waals surface area (Å²) in [4.78, 5) is 12.3. The number of amides is 1. The summed E-state index contributed by atoms with van der Waals surface area (Å²) in [6.07, 6.45) is 5.04. The maximum absolute atomic E-state index is 12.3. The molecule has 3 aromatic rings. The van der Waals surface area contributed by atoms with Gasteiger partial charge >= 0.3 is 6.01 Å². The second-order valence-electron chi connectivity index (χ2n) is 5.43. The molecule has 28 heavy (non-hydrogen) atoms. The highest BCUT2D eigenvalue weighted by Crippen LogP contribution is 2.22. The highest BCUT2D eigenvalue weighted by atomic mass is 35.5. The molecule has 0 atom stereocenters. The molecule has 0 aliphatic rings. The lowest BCUT2D eigenvalue weighted by molar-refractivity contribution is 0.102. The van der Waals surface area contributed by atoms with Crippen LogP contribution in [0.4, 0.5) is 6.01 Å². The van der Waals surface area contributed by atoms with Crippen LogP contribution >= 0.6 is 11.6 Å². The average Bonchev–Trinajstić information content (AvgIpc) is 3.15. The number of halogens is 1. The van der Waals surface area contributed by atoms with Crippen molar-refractivity contribution in [2.24, 2.45) is 0 Å². The molecule has 0 bridgehead atoms. The van der Waals surface area contributed by atoms with E-state index < -0.39 is 15.9 Å². The van der Waals surface area contributed by atoms with Crippen molar-refractivity contribution in [3.05, 3.63) is 59.1 Å². The summed E-state index contributed by atoms with van der Waals surface area (Å²) < 4.78 is 31.6. The number of terminal acetylenes is 1. The molecular formula is C18H13ClN4O4S. The van der Waals surface area contributed by atoms with Crippen molar-refractivity contribution in [1.29, 1.82) is 0 Å². The van der Waals surface area contributed by atoms with Crippen LogP contribution in [0.3, 0.4) is 0 Å². The first-order chi connectivity index (χ1) is 13.4. The molecule has 0 saturated carbocycles. The number of carbonyl (C=O) groups excluding carboxylic acids is 1. The van der Waals surface area contributed by atoms with Crippen molar-refractivity contribution < 1.29 is 17.6 Å². The minimum Gasteiger partial charge on any atom is -0.403 e. The molecule has 0 fully saturated rings. The number of anilines is 1. The lowest BCUT2D eigenvalue weighted by atomic mass is 10.2. The Hall–Kier alpha value is -3.19. The summed E-state index contributed by atoms with van der Waals surface area (Å²) in [5.74, 6) is 1.86. The summed E-state index contributed by atoms with van der Waals surface area (Å²) in [5.41, 5.74) is 0.855. The monoisotopic (exact) mass is 416 g/mol. The number of nitrogens with zero attached hydrogens (tertiary/aromatic N) is 2. The second kappa shape index (κ2) is 8.22. The number of aromatic nitrogens is 2. The van der Waals surface area contributed by atoms with Crippen LogP contribution in [-0.2, 0) is 10.0 Å². The fourth-order valence-electron chi connectivity index (χ4n) is 2.16. The van der Waals surface area contributed by atoms with Gasteiger partial charge in [0.2, 0.25) is 15.9 Å². The largest absolute Gasteiger partial charge is 0.403 e. The predicted molar refractivity (Wildman–Crippen MR) is 103 cm³/mol. The van der Waals surface area contributed by atoms with E-state index in [0.717, 1.165) is 0 Å². The minimum atomic E-state index is -3.73. The van der Waals surface area contributed by atoms with Crippen LogP contribution in [-0.4, -0.2) is 31.1 Å². The number of rotatable bonds is 6. The Kier molecular flexibility index (Phi) is 5.75. The molecule has 8 nitrogen and oxygen atoms in total. The number of benzene rings is 2. The highest BCUT2D eigenvalue weighted by molar-refractivity contribution is 7.89. The van der Waals surface area contributed by atoms with E-state index in [1.807, 2.05) is 0 Å². The van der Waals surface area contributed by atoms with Gasteiger partial charge in [-0.25, -0.2) is 8.42 Å². The van der Waals surface area contributed by atoms with Gasteiger partial charge in [-0.15, -0.1) is 11.5 Å². The van der Waals surface area contributed by atoms with Crippen LogP contribution in [0.5, 0.6) is 0 Å². The summed E-state index contributed by atoms with van der Waals surface area (Å²) in [6, 6.07) is 12.0. The summed E-state index contributed by atoms with van der Waals surface area (Å²) in [6.45, 7) is -0.127. The van der Waals surface area contributed by atoms with Crippen molar-refractivity contribution in [3.63, 3.8) is 0 Å². The lowest BCUT2D eigenvalue weighted by Crippen LogP contribution is -2.24. The van der Waals surface area contributed by atoms with E-state index in [0.29, 0.717) is 10.6 Å². The molecule has 3 rings (SSSR count). The minimum absolute atomic E-state index is 0.0119. The number of hydrogen-bond acceptors (Lipinski definition) is 6. The Morgan fingerprint density at radius 1 is 1.11 bits per heavy atom. The van der Waals surface area contributed by atoms with E-state index >= 15 is 0 Å². The molecule has 1 heterocycles. The zero-order valence-electron chi connectivity index (χ0n) is 14.2. The lowest BCUT2D eigenvalue weighted by Gasteiger charge is -2.05. The maximum atomic E-state index is 12.3. The fraction of sp³-hybridized carbons (Fsp3) is 0.0556. The van der Waals surface area contributed by atoms with E-state index in [4.69, 9.17) is 22.4 Å². The van der Waals surface area contributed by atoms with Crippen LogP contribution in [0.1, 0.15) is 10.4 Å². The summed E-state index contributed by atoms with van der Waals surface area (Å²) in [5, 5.41) is 10.6. The third-order valence-corrected chi connectivity index (χ3v) is 5.20.